The second kappa shape index (κ2) is 8.19. The van der Waals surface area contributed by atoms with Gasteiger partial charge in [-0.2, -0.15) is 0 Å². The summed E-state index contributed by atoms with van der Waals surface area (Å²) in [6.07, 6.45) is -0.571. The molecule has 7 nitrogen and oxygen atoms in total. The van der Waals surface area contributed by atoms with Gasteiger partial charge in [-0.25, -0.2) is 9.59 Å². The van der Waals surface area contributed by atoms with Gasteiger partial charge in [-0.05, 0) is 27.2 Å². The Morgan fingerprint density at radius 1 is 1.30 bits per heavy atom. The summed E-state index contributed by atoms with van der Waals surface area (Å²) in [6.45, 7) is 6.50. The van der Waals surface area contributed by atoms with Crippen LogP contribution in [0.4, 0.5) is 4.79 Å². The third-order valence-electron chi connectivity index (χ3n) is 1.79. The zero-order chi connectivity index (χ0) is 16.6. The Morgan fingerprint density at radius 2 is 1.90 bits per heavy atom. The van der Waals surface area contributed by atoms with Crippen molar-refractivity contribution in [3.8, 4) is 0 Å². The van der Waals surface area contributed by atoms with E-state index in [0.29, 0.717) is 0 Å². The maximum atomic E-state index is 11.4. The molecule has 0 aliphatic carbocycles. The zero-order valence-electron chi connectivity index (χ0n) is 13.5. The number of carbonyl (C=O) groups excluding carboxylic acids is 3. The molecule has 0 rings (SSSR count). The third-order valence-corrected chi connectivity index (χ3v) is 1.79. The van der Waals surface area contributed by atoms with Crippen LogP contribution in [0.2, 0.25) is 0 Å². The molecule has 114 valence electrons. The zero-order valence-corrected chi connectivity index (χ0v) is 12.5. The van der Waals surface area contributed by atoms with Crippen molar-refractivity contribution in [3.63, 3.8) is 0 Å². The van der Waals surface area contributed by atoms with Crippen molar-refractivity contribution >= 4 is 18.0 Å². The summed E-state index contributed by atoms with van der Waals surface area (Å²) >= 11 is 0. The van der Waals surface area contributed by atoms with Crippen molar-refractivity contribution in [1.82, 2.24) is 10.6 Å². The van der Waals surface area contributed by atoms with E-state index in [4.69, 9.17) is 6.11 Å². The van der Waals surface area contributed by atoms with Crippen molar-refractivity contribution in [2.75, 3.05) is 13.7 Å². The van der Waals surface area contributed by atoms with Gasteiger partial charge in [-0.1, -0.05) is 6.05 Å². The van der Waals surface area contributed by atoms with Crippen molar-refractivity contribution < 1.29 is 25.2 Å². The standard InChI is InChI=1S/C13H22N2O5/c1-9(16)15-10(11(17)19-5)7-6-8-14-12(18)20-13(2,3)4/h7H,6,8H2,1-5H3,(H,14,18)(H,15,16)/b10-7+/i7D,10+1. The first-order chi connectivity index (χ1) is 9.56. The number of hydrogen-bond acceptors (Lipinski definition) is 5. The number of amides is 2. The van der Waals surface area contributed by atoms with Crippen molar-refractivity contribution in [2.45, 2.75) is 39.7 Å². The normalized spacial score (nSPS) is 12.8. The van der Waals surface area contributed by atoms with E-state index < -0.39 is 23.6 Å². The molecule has 0 aliphatic rings. The van der Waals surface area contributed by atoms with E-state index >= 15 is 0 Å². The Labute approximate surface area is 120 Å². The van der Waals surface area contributed by atoms with E-state index in [1.54, 1.807) is 20.8 Å². The first kappa shape index (κ1) is 16.0. The summed E-state index contributed by atoms with van der Waals surface area (Å²) in [6, 6.07) is -0.145. The Morgan fingerprint density at radius 3 is 2.35 bits per heavy atom. The molecule has 0 spiro atoms. The number of alkyl carbamates (subject to hydrolysis) is 1. The van der Waals surface area contributed by atoms with Crippen LogP contribution in [0.15, 0.2) is 11.7 Å². The molecule has 7 heteroatoms. The topological polar surface area (TPSA) is 93.7 Å². The Bertz CT molecular complexity index is 440. The molecule has 0 aromatic carbocycles. The van der Waals surface area contributed by atoms with Gasteiger partial charge in [0.1, 0.15) is 11.3 Å². The lowest BCUT2D eigenvalue weighted by Gasteiger charge is -2.19. The maximum Gasteiger partial charge on any atom is 0.407 e. The smallest absolute Gasteiger partial charge is 0.407 e. The molecule has 20 heavy (non-hydrogen) atoms. The van der Waals surface area contributed by atoms with Crippen LogP contribution in [-0.2, 0) is 19.1 Å². The van der Waals surface area contributed by atoms with Gasteiger partial charge < -0.3 is 20.1 Å². The molecule has 0 bridgehead atoms. The molecule has 0 aromatic rings. The van der Waals surface area contributed by atoms with Gasteiger partial charge in [0, 0.05) is 13.5 Å². The summed E-state index contributed by atoms with van der Waals surface area (Å²) in [5.74, 6) is -1.30. The molecule has 0 saturated heterocycles. The lowest BCUT2D eigenvalue weighted by atomic mass is 10.2. The van der Waals surface area contributed by atoms with Crippen molar-refractivity contribution in [3.05, 3.63) is 11.7 Å². The van der Waals surface area contributed by atoms with Crippen LogP contribution in [0.3, 0.4) is 0 Å². The van der Waals surface area contributed by atoms with E-state index in [2.05, 4.69) is 15.4 Å². The number of carbonyl (C=O) groups is 3. The van der Waals surface area contributed by atoms with Crippen molar-refractivity contribution in [2.24, 2.45) is 0 Å². The van der Waals surface area contributed by atoms with Crippen LogP contribution in [0.25, 0.3) is 0 Å². The predicted molar refractivity (Wildman–Crippen MR) is 72.8 cm³/mol. The Kier molecular flexibility index (Phi) is 6.55. The van der Waals surface area contributed by atoms with Crippen LogP contribution in [-0.4, -0.2) is 37.2 Å². The minimum Gasteiger partial charge on any atom is -0.464 e. The van der Waals surface area contributed by atoms with E-state index in [1.807, 2.05) is 0 Å². The van der Waals surface area contributed by atoms with Gasteiger partial charge in [-0.15, -0.1) is 0 Å². The van der Waals surface area contributed by atoms with Crippen LogP contribution in [0.1, 0.15) is 35.5 Å². The van der Waals surface area contributed by atoms with Crippen LogP contribution in [0.5, 0.6) is 0 Å². The molecule has 0 aromatic heterocycles. The molecule has 2 N–H and O–H groups in total. The van der Waals surface area contributed by atoms with Gasteiger partial charge in [0.15, 0.2) is 0 Å². The SMILES string of the molecule is [2H]/C(CCNC(=O)OC(C)(C)C)=[13C](\NC(C)=O)C(=O)OC. The summed E-state index contributed by atoms with van der Waals surface area (Å²) in [5.41, 5.74) is -0.854. The molecular formula is C13H22N2O5. The fraction of sp³-hybridized carbons (Fsp3) is 0.615. The average molecular weight is 288 g/mol. The van der Waals surface area contributed by atoms with Crippen molar-refractivity contribution in [1.29, 1.82) is 0 Å². The van der Waals surface area contributed by atoms with E-state index in [-0.39, 0.29) is 24.7 Å². The second-order valence-electron chi connectivity index (χ2n) is 4.90. The highest BCUT2D eigenvalue weighted by Gasteiger charge is 2.15. The molecule has 0 radical (unpaired) electrons. The number of hydrogen-bond donors (Lipinski definition) is 2. The highest BCUT2D eigenvalue weighted by molar-refractivity contribution is 5.93. The number of methoxy groups -OCH3 is 1. The monoisotopic (exact) mass is 288 g/mol. The Balaban J connectivity index is 4.57. The quantitative estimate of drug-likeness (QED) is 0.449. The van der Waals surface area contributed by atoms with E-state index in [0.717, 1.165) is 7.11 Å². The van der Waals surface area contributed by atoms with Crippen LogP contribution in [0, 0.1) is 0 Å². The van der Waals surface area contributed by atoms with Gasteiger partial charge in [0.25, 0.3) is 0 Å². The highest BCUT2D eigenvalue weighted by atomic mass is 16.6. The third kappa shape index (κ3) is 8.96. The van der Waals surface area contributed by atoms with Crippen LogP contribution < -0.4 is 10.6 Å². The molecule has 2 amide bonds. The minimum absolute atomic E-state index is 0.0456. The largest absolute Gasteiger partial charge is 0.464 e. The summed E-state index contributed by atoms with van der Waals surface area (Å²) in [7, 11) is 1.15. The molecular weight excluding hydrogens is 265 g/mol. The molecule has 0 unspecified atom stereocenters. The van der Waals surface area contributed by atoms with Gasteiger partial charge in [0.05, 0.1) is 8.48 Å². The summed E-state index contributed by atoms with van der Waals surface area (Å²) in [4.78, 5) is 33.8. The fourth-order valence-electron chi connectivity index (χ4n) is 1.11. The highest BCUT2D eigenvalue weighted by Crippen LogP contribution is 2.06. The predicted octanol–water partition coefficient (Wildman–Crippen LogP) is 1.09. The Hall–Kier alpha value is -2.05. The number of nitrogens with one attached hydrogen (secondary N) is 2. The summed E-state index contributed by atoms with van der Waals surface area (Å²) < 4.78 is 17.3. The fourth-order valence-corrected chi connectivity index (χ4v) is 1.11. The first-order valence-electron chi connectivity index (χ1n) is 6.59. The second-order valence-corrected chi connectivity index (χ2v) is 4.90. The molecule has 0 heterocycles. The van der Waals surface area contributed by atoms with E-state index in [1.165, 1.54) is 6.92 Å². The molecule has 0 aliphatic heterocycles. The summed E-state index contributed by atoms with van der Waals surface area (Å²) in [5, 5.41) is 4.70. The number of ether oxygens (including phenoxy) is 2. The van der Waals surface area contributed by atoms with Gasteiger partial charge >= 0.3 is 12.1 Å². The van der Waals surface area contributed by atoms with Gasteiger partial charge in [-0.3, -0.25) is 4.79 Å². The molecule has 0 saturated carbocycles. The number of esters is 1. The van der Waals surface area contributed by atoms with Gasteiger partial charge in [0.2, 0.25) is 5.91 Å². The van der Waals surface area contributed by atoms with E-state index in [9.17, 15) is 14.4 Å². The number of rotatable bonds is 5. The maximum absolute atomic E-state index is 11.4. The molecule has 0 fully saturated rings. The van der Waals surface area contributed by atoms with Crippen LogP contribution >= 0.6 is 0 Å². The minimum atomic E-state index is -0.813. The average Bonchev–Trinajstić information content (AvgIpc) is 2.32. The molecule has 0 atom stereocenters. The lowest BCUT2D eigenvalue weighted by molar-refractivity contribution is -0.137. The first-order valence-corrected chi connectivity index (χ1v) is 6.09. The lowest BCUT2D eigenvalue weighted by Crippen LogP contribution is -2.33.